The molecule has 2 aromatic carbocycles. The number of hydrogen-bond acceptors (Lipinski definition) is 4. The van der Waals surface area contributed by atoms with Gasteiger partial charge >= 0.3 is 6.16 Å². The lowest BCUT2D eigenvalue weighted by molar-refractivity contribution is 0.120. The Balaban J connectivity index is 2.15. The molecule has 0 radical (unpaired) electrons. The Labute approximate surface area is 144 Å². The lowest BCUT2D eigenvalue weighted by Crippen LogP contribution is -2.09. The van der Waals surface area contributed by atoms with E-state index in [1.807, 2.05) is 13.0 Å². The fraction of sp³-hybridized carbons (Fsp3) is 0.235. The van der Waals surface area contributed by atoms with Gasteiger partial charge in [0.25, 0.3) is 0 Å². The van der Waals surface area contributed by atoms with E-state index in [0.29, 0.717) is 27.1 Å². The van der Waals surface area contributed by atoms with Crippen LogP contribution in [0.4, 0.5) is 4.79 Å². The van der Waals surface area contributed by atoms with Crippen LogP contribution in [0.5, 0.6) is 11.5 Å². The van der Waals surface area contributed by atoms with Gasteiger partial charge in [0.05, 0.1) is 12.1 Å². The summed E-state index contributed by atoms with van der Waals surface area (Å²) in [7, 11) is 1.25. The molecule has 122 valence electrons. The summed E-state index contributed by atoms with van der Waals surface area (Å²) < 4.78 is 15.3. The molecule has 0 unspecified atom stereocenters. The molecule has 0 amide bonds. The van der Waals surface area contributed by atoms with Crippen LogP contribution < -0.4 is 9.47 Å². The smallest absolute Gasteiger partial charge is 0.487 e. The second kappa shape index (κ2) is 8.09. The van der Waals surface area contributed by atoms with Crippen LogP contribution in [-0.4, -0.2) is 13.3 Å². The highest BCUT2D eigenvalue weighted by molar-refractivity contribution is 6.34. The molecule has 23 heavy (non-hydrogen) atoms. The van der Waals surface area contributed by atoms with E-state index in [4.69, 9.17) is 32.7 Å². The van der Waals surface area contributed by atoms with Crippen LogP contribution in [0.25, 0.3) is 0 Å². The highest BCUT2D eigenvalue weighted by Gasteiger charge is 2.11. The van der Waals surface area contributed by atoms with E-state index in [2.05, 4.69) is 4.74 Å². The van der Waals surface area contributed by atoms with E-state index in [9.17, 15) is 4.79 Å². The van der Waals surface area contributed by atoms with Crippen molar-refractivity contribution in [1.82, 2.24) is 0 Å². The van der Waals surface area contributed by atoms with Crippen molar-refractivity contribution in [2.75, 3.05) is 7.11 Å². The Morgan fingerprint density at radius 3 is 2.48 bits per heavy atom. The van der Waals surface area contributed by atoms with Gasteiger partial charge in [-0.2, -0.15) is 0 Å². The summed E-state index contributed by atoms with van der Waals surface area (Å²) >= 11 is 12.4. The highest BCUT2D eigenvalue weighted by atomic mass is 35.5. The summed E-state index contributed by atoms with van der Waals surface area (Å²) in [5.41, 5.74) is 1.64. The van der Waals surface area contributed by atoms with Crippen LogP contribution in [0.1, 0.15) is 18.1 Å². The Kier molecular flexibility index (Phi) is 6.13. The number of para-hydroxylation sites is 1. The zero-order valence-corrected chi connectivity index (χ0v) is 14.3. The molecule has 0 aliphatic rings. The Morgan fingerprint density at radius 1 is 1.04 bits per heavy atom. The number of halogens is 2. The largest absolute Gasteiger partial charge is 0.513 e. The minimum absolute atomic E-state index is 0.175. The predicted molar refractivity (Wildman–Crippen MR) is 89.6 cm³/mol. The summed E-state index contributed by atoms with van der Waals surface area (Å²) in [6, 6.07) is 10.5. The predicted octanol–water partition coefficient (Wildman–Crippen LogP) is 5.28. The van der Waals surface area contributed by atoms with E-state index >= 15 is 0 Å². The van der Waals surface area contributed by atoms with Crippen molar-refractivity contribution in [1.29, 1.82) is 0 Å². The third-order valence-electron chi connectivity index (χ3n) is 3.20. The molecular formula is C17H16Cl2O4. The number of methoxy groups -OCH3 is 1. The first-order chi connectivity index (χ1) is 11.0. The van der Waals surface area contributed by atoms with Crippen LogP contribution in [0.2, 0.25) is 10.0 Å². The van der Waals surface area contributed by atoms with Gasteiger partial charge in [-0.05, 0) is 24.1 Å². The zero-order chi connectivity index (χ0) is 16.8. The number of aryl methyl sites for hydroxylation is 1. The average molecular weight is 355 g/mol. The minimum atomic E-state index is -0.786. The molecule has 0 saturated heterocycles. The second-order valence-corrected chi connectivity index (χ2v) is 5.49. The van der Waals surface area contributed by atoms with Crippen LogP contribution in [0.3, 0.4) is 0 Å². The van der Waals surface area contributed by atoms with Gasteiger partial charge < -0.3 is 14.2 Å². The van der Waals surface area contributed by atoms with Crippen molar-refractivity contribution < 1.29 is 19.0 Å². The molecule has 2 rings (SSSR count). The summed E-state index contributed by atoms with van der Waals surface area (Å²) in [4.78, 5) is 11.3. The summed E-state index contributed by atoms with van der Waals surface area (Å²) in [6.45, 7) is 2.17. The van der Waals surface area contributed by atoms with Crippen LogP contribution in [0, 0.1) is 0 Å². The van der Waals surface area contributed by atoms with Crippen molar-refractivity contribution in [3.63, 3.8) is 0 Å². The van der Waals surface area contributed by atoms with Crippen LogP contribution in [0.15, 0.2) is 36.4 Å². The van der Waals surface area contributed by atoms with Gasteiger partial charge in [-0.25, -0.2) is 4.79 Å². The maximum Gasteiger partial charge on any atom is 0.513 e. The van der Waals surface area contributed by atoms with Gasteiger partial charge in [-0.15, -0.1) is 0 Å². The van der Waals surface area contributed by atoms with Crippen LogP contribution >= 0.6 is 23.2 Å². The average Bonchev–Trinajstić information content (AvgIpc) is 2.56. The molecule has 0 aliphatic heterocycles. The number of rotatable bonds is 5. The molecule has 0 spiro atoms. The first kappa shape index (κ1) is 17.4. The van der Waals surface area contributed by atoms with Gasteiger partial charge in [0.15, 0.2) is 0 Å². The van der Waals surface area contributed by atoms with E-state index in [-0.39, 0.29) is 6.61 Å². The van der Waals surface area contributed by atoms with Crippen LogP contribution in [-0.2, 0) is 17.8 Å². The maximum absolute atomic E-state index is 11.3. The number of carbonyl (C=O) groups excluding carboxylic acids is 1. The normalized spacial score (nSPS) is 10.3. The number of ether oxygens (including phenoxy) is 3. The third kappa shape index (κ3) is 4.53. The van der Waals surface area contributed by atoms with E-state index in [1.54, 1.807) is 30.3 Å². The number of carbonyl (C=O) groups is 1. The molecule has 0 atom stereocenters. The summed E-state index contributed by atoms with van der Waals surface area (Å²) in [6.07, 6.45) is 0.0000727. The van der Waals surface area contributed by atoms with Gasteiger partial charge in [0, 0.05) is 16.7 Å². The topological polar surface area (TPSA) is 44.8 Å². The molecule has 0 saturated carbocycles. The summed E-state index contributed by atoms with van der Waals surface area (Å²) in [5, 5.41) is 1.09. The van der Waals surface area contributed by atoms with Gasteiger partial charge in [-0.1, -0.05) is 48.3 Å². The molecule has 0 fully saturated rings. The molecule has 2 aromatic rings. The van der Waals surface area contributed by atoms with Crippen molar-refractivity contribution in [2.45, 2.75) is 20.0 Å². The van der Waals surface area contributed by atoms with E-state index in [0.717, 1.165) is 12.0 Å². The first-order valence-corrected chi connectivity index (χ1v) is 7.75. The van der Waals surface area contributed by atoms with Crippen molar-refractivity contribution >= 4 is 29.4 Å². The van der Waals surface area contributed by atoms with Crippen molar-refractivity contribution in [3.05, 3.63) is 57.6 Å². The molecule has 0 heterocycles. The molecule has 6 heteroatoms. The fourth-order valence-corrected chi connectivity index (χ4v) is 2.49. The lowest BCUT2D eigenvalue weighted by Gasteiger charge is -2.13. The van der Waals surface area contributed by atoms with Crippen molar-refractivity contribution in [3.8, 4) is 11.5 Å². The van der Waals surface area contributed by atoms with Crippen molar-refractivity contribution in [2.24, 2.45) is 0 Å². The monoisotopic (exact) mass is 354 g/mol. The first-order valence-electron chi connectivity index (χ1n) is 6.99. The molecular weight excluding hydrogens is 339 g/mol. The van der Waals surface area contributed by atoms with Gasteiger partial charge in [0.2, 0.25) is 0 Å². The number of benzene rings is 2. The fourth-order valence-electron chi connectivity index (χ4n) is 1.96. The quantitative estimate of drug-likeness (QED) is 0.541. The standard InChI is InChI=1S/C17H16Cl2O4/c1-3-11-8-14(19)16(9-13(11)18)22-10-12-6-4-5-7-15(12)23-17(20)21-2/h4-9H,3,10H2,1-2H3. The SMILES string of the molecule is CCc1cc(Cl)c(OCc2ccccc2OC(=O)OC)cc1Cl. The Bertz CT molecular complexity index is 701. The lowest BCUT2D eigenvalue weighted by atomic mass is 10.1. The molecule has 0 N–H and O–H groups in total. The highest BCUT2D eigenvalue weighted by Crippen LogP contribution is 2.32. The summed E-state index contributed by atoms with van der Waals surface area (Å²) in [5.74, 6) is 0.841. The molecule has 4 nitrogen and oxygen atoms in total. The Morgan fingerprint density at radius 2 is 1.78 bits per heavy atom. The van der Waals surface area contributed by atoms with Gasteiger partial charge in [0.1, 0.15) is 18.1 Å². The Hall–Kier alpha value is -1.91. The number of hydrogen-bond donors (Lipinski definition) is 0. The molecule has 0 aromatic heterocycles. The zero-order valence-electron chi connectivity index (χ0n) is 12.8. The second-order valence-electron chi connectivity index (χ2n) is 4.68. The molecule has 0 bridgehead atoms. The van der Waals surface area contributed by atoms with Gasteiger partial charge in [-0.3, -0.25) is 0 Å². The third-order valence-corrected chi connectivity index (χ3v) is 3.84. The van der Waals surface area contributed by atoms with E-state index in [1.165, 1.54) is 7.11 Å². The van der Waals surface area contributed by atoms with E-state index < -0.39 is 6.16 Å². The maximum atomic E-state index is 11.3. The minimum Gasteiger partial charge on any atom is -0.487 e. The molecule has 0 aliphatic carbocycles.